The first kappa shape index (κ1) is 26.3. The number of piperazine rings is 1. The summed E-state index contributed by atoms with van der Waals surface area (Å²) in [5, 5.41) is 5.76. The third-order valence-electron chi connectivity index (χ3n) is 7.48. The van der Waals surface area contributed by atoms with E-state index in [-0.39, 0.29) is 16.0 Å². The molecule has 0 unspecified atom stereocenters. The van der Waals surface area contributed by atoms with E-state index in [4.69, 9.17) is 23.2 Å². The Morgan fingerprint density at radius 3 is 2.33 bits per heavy atom. The number of alkyl halides is 2. The number of nitrogens with zero attached hydrogens (tertiary/aromatic N) is 4. The number of benzene rings is 3. The van der Waals surface area contributed by atoms with Gasteiger partial charge in [-0.05, 0) is 55.3 Å². The number of halogens is 5. The van der Waals surface area contributed by atoms with Crippen molar-refractivity contribution in [3.8, 4) is 0 Å². The van der Waals surface area contributed by atoms with Crippen LogP contribution in [0.5, 0.6) is 0 Å². The molecule has 0 atom stereocenters. The largest absolute Gasteiger partial charge is 0.366 e. The lowest BCUT2D eigenvalue weighted by Gasteiger charge is -2.43. The minimum absolute atomic E-state index is 0.164. The Kier molecular flexibility index (Phi) is 6.09. The fourth-order valence-corrected chi connectivity index (χ4v) is 7.12. The Balaban J connectivity index is 1.40. The zero-order valence-electron chi connectivity index (χ0n) is 20.7. The molecule has 2 heterocycles. The fourth-order valence-electron chi connectivity index (χ4n) is 5.30. The summed E-state index contributed by atoms with van der Waals surface area (Å²) in [5.41, 5.74) is 0.424. The molecular formula is C27H23Cl2F3N4O2S. The van der Waals surface area contributed by atoms with Crippen molar-refractivity contribution in [2.45, 2.75) is 36.1 Å². The summed E-state index contributed by atoms with van der Waals surface area (Å²) in [4.78, 5) is 4.04. The third-order valence-corrected chi connectivity index (χ3v) is 9.70. The van der Waals surface area contributed by atoms with Crippen molar-refractivity contribution in [1.82, 2.24) is 9.19 Å². The van der Waals surface area contributed by atoms with Gasteiger partial charge >= 0.3 is 0 Å². The maximum atomic E-state index is 13.7. The summed E-state index contributed by atoms with van der Waals surface area (Å²) in [6.07, 6.45) is 1.70. The van der Waals surface area contributed by atoms with Gasteiger partial charge in [-0.15, -0.1) is 5.10 Å². The molecule has 1 aliphatic heterocycles. The van der Waals surface area contributed by atoms with Crippen molar-refractivity contribution in [3.63, 3.8) is 0 Å². The summed E-state index contributed by atoms with van der Waals surface area (Å²) < 4.78 is 69.4. The van der Waals surface area contributed by atoms with E-state index in [1.54, 1.807) is 24.3 Å². The average molecular weight is 595 g/mol. The lowest BCUT2D eigenvalue weighted by atomic mass is 10.1. The molecule has 204 valence electrons. The second-order valence-corrected chi connectivity index (χ2v) is 12.7. The van der Waals surface area contributed by atoms with Gasteiger partial charge in [-0.3, -0.25) is 0 Å². The zero-order valence-corrected chi connectivity index (χ0v) is 23.0. The van der Waals surface area contributed by atoms with E-state index >= 15 is 0 Å². The van der Waals surface area contributed by atoms with Gasteiger partial charge in [-0.2, -0.15) is 12.5 Å². The van der Waals surface area contributed by atoms with Gasteiger partial charge in [0.05, 0.1) is 37.1 Å². The number of hydrogen-bond donors (Lipinski definition) is 0. The van der Waals surface area contributed by atoms with Gasteiger partial charge in [0.25, 0.3) is 15.9 Å². The SMILES string of the molecule is CC(F)(F)c1ccc(S(=O)(=O)n2nc(N3CCN(c4ccc(F)cc4Cl)CC34CC4)c3c(Cl)cccc32)cc1. The molecule has 6 nitrogen and oxygen atoms in total. The van der Waals surface area contributed by atoms with E-state index in [0.29, 0.717) is 46.4 Å². The molecule has 2 aliphatic rings. The second-order valence-electron chi connectivity index (χ2n) is 10.1. The van der Waals surface area contributed by atoms with E-state index < -0.39 is 21.8 Å². The molecule has 0 radical (unpaired) electrons. The maximum absolute atomic E-state index is 13.7. The quantitative estimate of drug-likeness (QED) is 0.258. The second kappa shape index (κ2) is 9.04. The molecule has 1 spiro atoms. The van der Waals surface area contributed by atoms with Crippen LogP contribution >= 0.6 is 23.2 Å². The predicted molar refractivity (Wildman–Crippen MR) is 146 cm³/mol. The number of fused-ring (bicyclic) bond motifs is 1. The molecule has 39 heavy (non-hydrogen) atoms. The van der Waals surface area contributed by atoms with Gasteiger partial charge in [-0.25, -0.2) is 13.2 Å². The average Bonchev–Trinajstić information content (AvgIpc) is 3.51. The summed E-state index contributed by atoms with van der Waals surface area (Å²) in [6, 6.07) is 13.8. The molecule has 4 aromatic rings. The Morgan fingerprint density at radius 1 is 0.974 bits per heavy atom. The molecular weight excluding hydrogens is 572 g/mol. The number of hydrogen-bond acceptors (Lipinski definition) is 5. The Morgan fingerprint density at radius 2 is 1.69 bits per heavy atom. The van der Waals surface area contributed by atoms with Gasteiger partial charge in [0.2, 0.25) is 0 Å². The summed E-state index contributed by atoms with van der Waals surface area (Å²) in [5.74, 6) is -3.06. The molecule has 1 saturated carbocycles. The first-order chi connectivity index (χ1) is 18.4. The van der Waals surface area contributed by atoms with Crippen molar-refractivity contribution < 1.29 is 21.6 Å². The topological polar surface area (TPSA) is 58.4 Å². The van der Waals surface area contributed by atoms with Crippen LogP contribution in [0, 0.1) is 5.82 Å². The minimum Gasteiger partial charge on any atom is -0.366 e. The van der Waals surface area contributed by atoms with Crippen LogP contribution in [0.2, 0.25) is 10.0 Å². The van der Waals surface area contributed by atoms with Crippen LogP contribution in [0.4, 0.5) is 24.7 Å². The standard InChI is InChI=1S/C27H23Cl2F3N4O2S/c1-26(31,32)17-5-8-19(9-6-17)39(37,38)36-23-4-2-3-20(28)24(23)25(33-36)35-14-13-34(16-27(35)11-12-27)22-10-7-18(30)15-21(22)29/h2-10,15H,11-14,16H2,1H3. The number of rotatable bonds is 5. The van der Waals surface area contributed by atoms with E-state index in [2.05, 4.69) is 14.9 Å². The molecule has 3 aromatic carbocycles. The van der Waals surface area contributed by atoms with Gasteiger partial charge in [0.1, 0.15) is 5.82 Å². The van der Waals surface area contributed by atoms with Gasteiger partial charge < -0.3 is 9.80 Å². The predicted octanol–water partition coefficient (Wildman–Crippen LogP) is 6.69. The summed E-state index contributed by atoms with van der Waals surface area (Å²) in [7, 11) is -4.23. The van der Waals surface area contributed by atoms with Crippen molar-refractivity contribution >= 4 is 55.6 Å². The van der Waals surface area contributed by atoms with Crippen LogP contribution < -0.4 is 9.80 Å². The minimum atomic E-state index is -4.23. The van der Waals surface area contributed by atoms with Crippen LogP contribution in [0.1, 0.15) is 25.3 Å². The van der Waals surface area contributed by atoms with Gasteiger partial charge in [0, 0.05) is 32.1 Å². The highest BCUT2D eigenvalue weighted by Gasteiger charge is 2.53. The maximum Gasteiger partial charge on any atom is 0.283 e. The van der Waals surface area contributed by atoms with E-state index in [0.717, 1.165) is 53.8 Å². The normalized spacial score (nSPS) is 17.3. The molecule has 12 heteroatoms. The highest BCUT2D eigenvalue weighted by atomic mass is 35.5. The molecule has 6 rings (SSSR count). The molecule has 2 fully saturated rings. The smallest absolute Gasteiger partial charge is 0.283 e. The molecule has 0 bridgehead atoms. The van der Waals surface area contributed by atoms with Crippen molar-refractivity contribution in [2.24, 2.45) is 0 Å². The Bertz CT molecular complexity index is 1700. The highest BCUT2D eigenvalue weighted by Crippen LogP contribution is 2.49. The van der Waals surface area contributed by atoms with Gasteiger partial charge in [-0.1, -0.05) is 41.4 Å². The molecule has 0 amide bonds. The molecule has 1 aliphatic carbocycles. The van der Waals surface area contributed by atoms with E-state index in [1.807, 2.05) is 0 Å². The lowest BCUT2D eigenvalue weighted by Crippen LogP contribution is -2.55. The molecule has 1 aromatic heterocycles. The van der Waals surface area contributed by atoms with E-state index in [9.17, 15) is 21.6 Å². The van der Waals surface area contributed by atoms with Crippen molar-refractivity contribution in [3.05, 3.63) is 82.1 Å². The number of anilines is 2. The molecule has 1 saturated heterocycles. The van der Waals surface area contributed by atoms with Gasteiger partial charge in [0.15, 0.2) is 5.82 Å². The van der Waals surface area contributed by atoms with E-state index in [1.165, 1.54) is 12.1 Å². The van der Waals surface area contributed by atoms with Crippen LogP contribution in [-0.2, 0) is 15.9 Å². The third kappa shape index (κ3) is 4.42. The van der Waals surface area contributed by atoms with Crippen LogP contribution in [0.15, 0.2) is 65.6 Å². The molecule has 0 N–H and O–H groups in total. The summed E-state index contributed by atoms with van der Waals surface area (Å²) in [6.45, 7) is 2.40. The van der Waals surface area contributed by atoms with Crippen LogP contribution in [0.25, 0.3) is 10.9 Å². The summed E-state index contributed by atoms with van der Waals surface area (Å²) >= 11 is 13.0. The lowest BCUT2D eigenvalue weighted by molar-refractivity contribution is 0.0174. The number of aromatic nitrogens is 2. The first-order valence-electron chi connectivity index (χ1n) is 12.3. The first-order valence-corrected chi connectivity index (χ1v) is 14.5. The highest BCUT2D eigenvalue weighted by molar-refractivity contribution is 7.90. The fraction of sp³-hybridized carbons (Fsp3) is 0.296. The monoisotopic (exact) mass is 594 g/mol. The zero-order chi connectivity index (χ0) is 27.7. The Hall–Kier alpha value is -2.95. The van der Waals surface area contributed by atoms with Crippen molar-refractivity contribution in [1.29, 1.82) is 0 Å². The van der Waals surface area contributed by atoms with Crippen LogP contribution in [-0.4, -0.2) is 42.8 Å². The van der Waals surface area contributed by atoms with Crippen LogP contribution in [0.3, 0.4) is 0 Å². The Labute approximate surface area is 233 Å². The van der Waals surface area contributed by atoms with Crippen molar-refractivity contribution in [2.75, 3.05) is 29.4 Å².